The molecule has 0 aromatic heterocycles. The molecule has 9 atom stereocenters. The lowest BCUT2D eigenvalue weighted by Crippen LogP contribution is -2.64. The first-order chi connectivity index (χ1) is 15.7. The first-order valence-electron chi connectivity index (χ1n) is 13.7. The highest BCUT2D eigenvalue weighted by Crippen LogP contribution is 2.77. The highest BCUT2D eigenvalue weighted by molar-refractivity contribution is 5.83. The molecule has 0 amide bonds. The number of aliphatic hydroxyl groups is 2. The van der Waals surface area contributed by atoms with Crippen molar-refractivity contribution in [2.45, 2.75) is 111 Å². The van der Waals surface area contributed by atoms with Crippen LogP contribution in [0.4, 0.5) is 0 Å². The second kappa shape index (κ2) is 7.22. The number of carbonyl (C=O) groups excluding carboxylic acids is 1. The number of allylic oxidation sites excluding steroid dienone is 2. The Morgan fingerprint density at radius 2 is 1.82 bits per heavy atom. The lowest BCUT2D eigenvalue weighted by atomic mass is 9.38. The molecule has 0 aromatic rings. The Kier molecular flexibility index (Phi) is 5.21. The molecule has 1 saturated heterocycles. The molecule has 190 valence electrons. The minimum atomic E-state index is -0.769. The normalized spacial score (nSPS) is 50.0. The minimum absolute atomic E-state index is 0.00237. The fourth-order valence-electron chi connectivity index (χ4n) is 9.75. The van der Waals surface area contributed by atoms with Gasteiger partial charge in [-0.25, -0.2) is 0 Å². The minimum Gasteiger partial charge on any atom is -0.453 e. The van der Waals surface area contributed by atoms with Gasteiger partial charge in [0, 0.05) is 11.3 Å². The summed E-state index contributed by atoms with van der Waals surface area (Å²) in [7, 11) is 0. The Morgan fingerprint density at radius 3 is 2.50 bits per heavy atom. The zero-order chi connectivity index (χ0) is 24.9. The quantitative estimate of drug-likeness (QED) is 0.401. The third-order valence-electron chi connectivity index (χ3n) is 12.0. The zero-order valence-electron chi connectivity index (χ0n) is 22.4. The average molecular weight is 471 g/mol. The third-order valence-corrected chi connectivity index (χ3v) is 12.0. The molecule has 4 nitrogen and oxygen atoms in total. The first kappa shape index (κ1) is 24.6. The standard InChI is InChI=1S/C30H46O4/c1-19(9-8-14-25(2,3)33)20-12-15-28(7)21-13-16-30-22(10-11-23(31)26(30,4)5)29(21,24(32)34-30)18-17-27(20,28)6/h8,13-14,16,19-23,31,33H,9-12,15,17-18H2,1-7H3/b14-8+/t19-,20-,21+,22+,23+,27-,28+,29+,30-/m0/s1. The SMILES string of the molecule is C[C@@H](C/C=C/C(C)(C)O)[C@@H]1CC[C@]2(C)[C@H]3C=C[C@]45OC(=O)[C@@]3(CC[C@@]12C)[C@H]4CC[C@@H](O)C5(C)C. The van der Waals surface area contributed by atoms with Crippen LogP contribution in [0.3, 0.4) is 0 Å². The van der Waals surface area contributed by atoms with E-state index in [1.165, 1.54) is 6.42 Å². The molecule has 0 aromatic carbocycles. The van der Waals surface area contributed by atoms with Crippen LogP contribution in [0.15, 0.2) is 24.3 Å². The second-order valence-electron chi connectivity index (χ2n) is 14.2. The zero-order valence-corrected chi connectivity index (χ0v) is 22.4. The lowest BCUT2D eigenvalue weighted by Gasteiger charge is -2.63. The molecule has 34 heavy (non-hydrogen) atoms. The molecule has 5 rings (SSSR count). The van der Waals surface area contributed by atoms with E-state index >= 15 is 0 Å². The number of carbonyl (C=O) groups is 1. The van der Waals surface area contributed by atoms with Gasteiger partial charge in [-0.1, -0.05) is 52.8 Å². The molecule has 0 unspecified atom stereocenters. The van der Waals surface area contributed by atoms with Gasteiger partial charge < -0.3 is 14.9 Å². The number of aliphatic hydroxyl groups excluding tert-OH is 1. The van der Waals surface area contributed by atoms with Crippen molar-refractivity contribution >= 4 is 5.97 Å². The Balaban J connectivity index is 1.50. The van der Waals surface area contributed by atoms with Crippen molar-refractivity contribution < 1.29 is 19.7 Å². The van der Waals surface area contributed by atoms with E-state index in [0.717, 1.165) is 38.5 Å². The summed E-state index contributed by atoms with van der Waals surface area (Å²) in [6.45, 7) is 15.2. The van der Waals surface area contributed by atoms with Crippen molar-refractivity contribution in [1.82, 2.24) is 0 Å². The highest BCUT2D eigenvalue weighted by Gasteiger charge is 2.79. The topological polar surface area (TPSA) is 66.8 Å². The van der Waals surface area contributed by atoms with Gasteiger partial charge >= 0.3 is 5.97 Å². The summed E-state index contributed by atoms with van der Waals surface area (Å²) >= 11 is 0. The molecular formula is C30H46O4. The molecule has 3 saturated carbocycles. The Labute approximate surface area is 206 Å². The van der Waals surface area contributed by atoms with Crippen LogP contribution in [-0.2, 0) is 9.53 Å². The number of hydrogen-bond donors (Lipinski definition) is 2. The summed E-state index contributed by atoms with van der Waals surface area (Å²) in [5, 5.41) is 21.0. The monoisotopic (exact) mass is 470 g/mol. The van der Waals surface area contributed by atoms with Gasteiger partial charge in [0.25, 0.3) is 0 Å². The second-order valence-corrected chi connectivity index (χ2v) is 14.2. The molecule has 5 aliphatic rings. The van der Waals surface area contributed by atoms with Gasteiger partial charge in [0.15, 0.2) is 0 Å². The van der Waals surface area contributed by atoms with Gasteiger partial charge in [-0.2, -0.15) is 0 Å². The number of rotatable bonds is 4. The van der Waals surface area contributed by atoms with Gasteiger partial charge in [0.2, 0.25) is 0 Å². The van der Waals surface area contributed by atoms with Crippen LogP contribution in [0.2, 0.25) is 0 Å². The average Bonchev–Trinajstić information content (AvgIpc) is 3.09. The van der Waals surface area contributed by atoms with Gasteiger partial charge in [0.1, 0.15) is 5.60 Å². The predicted molar refractivity (Wildman–Crippen MR) is 134 cm³/mol. The predicted octanol–water partition coefficient (Wildman–Crippen LogP) is 5.82. The van der Waals surface area contributed by atoms with Crippen LogP contribution in [0.1, 0.15) is 93.4 Å². The van der Waals surface area contributed by atoms with Crippen molar-refractivity contribution in [3.05, 3.63) is 24.3 Å². The van der Waals surface area contributed by atoms with Gasteiger partial charge in [-0.05, 0) is 93.5 Å². The molecule has 1 aliphatic heterocycles. The highest BCUT2D eigenvalue weighted by atomic mass is 16.6. The summed E-state index contributed by atoms with van der Waals surface area (Å²) in [5.74, 6) is 1.49. The van der Waals surface area contributed by atoms with E-state index < -0.39 is 28.1 Å². The maximum absolute atomic E-state index is 13.9. The molecule has 2 N–H and O–H groups in total. The Hall–Kier alpha value is -1.13. The Morgan fingerprint density at radius 1 is 1.12 bits per heavy atom. The number of hydrogen-bond acceptors (Lipinski definition) is 4. The van der Waals surface area contributed by atoms with E-state index in [2.05, 4.69) is 52.8 Å². The van der Waals surface area contributed by atoms with Crippen LogP contribution in [0.5, 0.6) is 0 Å². The largest absolute Gasteiger partial charge is 0.453 e. The lowest BCUT2D eigenvalue weighted by molar-refractivity contribution is -0.173. The molecule has 0 radical (unpaired) electrons. The maximum Gasteiger partial charge on any atom is 0.314 e. The molecule has 2 bridgehead atoms. The van der Waals surface area contributed by atoms with Crippen LogP contribution in [0.25, 0.3) is 0 Å². The summed E-state index contributed by atoms with van der Waals surface area (Å²) < 4.78 is 6.39. The van der Waals surface area contributed by atoms with E-state index in [1.54, 1.807) is 0 Å². The fourth-order valence-corrected chi connectivity index (χ4v) is 9.75. The van der Waals surface area contributed by atoms with E-state index in [0.29, 0.717) is 11.8 Å². The summed E-state index contributed by atoms with van der Waals surface area (Å²) in [6.07, 6.45) is 15.1. The molecule has 1 spiro atoms. The number of fused-ring (bicyclic) bond motifs is 2. The molecule has 1 heterocycles. The van der Waals surface area contributed by atoms with Crippen molar-refractivity contribution in [2.75, 3.05) is 0 Å². The van der Waals surface area contributed by atoms with Crippen molar-refractivity contribution in [3.63, 3.8) is 0 Å². The Bertz CT molecular complexity index is 927. The van der Waals surface area contributed by atoms with E-state index in [4.69, 9.17) is 4.74 Å². The van der Waals surface area contributed by atoms with Crippen molar-refractivity contribution in [2.24, 2.45) is 45.3 Å². The summed E-state index contributed by atoms with van der Waals surface area (Å²) in [6, 6.07) is 0. The maximum atomic E-state index is 13.9. The number of esters is 1. The summed E-state index contributed by atoms with van der Waals surface area (Å²) in [4.78, 5) is 13.9. The number of ether oxygens (including phenoxy) is 1. The van der Waals surface area contributed by atoms with Gasteiger partial charge in [-0.15, -0.1) is 0 Å². The summed E-state index contributed by atoms with van der Waals surface area (Å²) in [5.41, 5.74) is -2.14. The molecular weight excluding hydrogens is 424 g/mol. The van der Waals surface area contributed by atoms with Crippen LogP contribution in [-0.4, -0.2) is 33.5 Å². The van der Waals surface area contributed by atoms with E-state index in [1.807, 2.05) is 19.9 Å². The molecule has 4 heteroatoms. The van der Waals surface area contributed by atoms with Crippen molar-refractivity contribution in [1.29, 1.82) is 0 Å². The molecule has 4 aliphatic carbocycles. The van der Waals surface area contributed by atoms with Gasteiger partial charge in [-0.3, -0.25) is 4.79 Å². The van der Waals surface area contributed by atoms with Crippen LogP contribution in [0, 0.1) is 45.3 Å². The van der Waals surface area contributed by atoms with Gasteiger partial charge in [0.05, 0.1) is 17.1 Å². The van der Waals surface area contributed by atoms with Crippen molar-refractivity contribution in [3.8, 4) is 0 Å². The van der Waals surface area contributed by atoms with E-state index in [-0.39, 0.29) is 28.6 Å². The smallest absolute Gasteiger partial charge is 0.314 e. The third kappa shape index (κ3) is 2.82. The first-order valence-corrected chi connectivity index (χ1v) is 13.7. The molecule has 4 fully saturated rings. The fraction of sp³-hybridized carbons (Fsp3) is 0.833. The van der Waals surface area contributed by atoms with Crippen LogP contribution < -0.4 is 0 Å². The van der Waals surface area contributed by atoms with Crippen LogP contribution >= 0.6 is 0 Å². The van der Waals surface area contributed by atoms with E-state index in [9.17, 15) is 15.0 Å².